The Hall–Kier alpha value is -1.95. The SMILES string of the molecule is CC(=O)N[C@@H]1C(C)(C)[C@@H]2C[C@@H]3[C@@H](CCNC(=O)c4ccccn4)OCCC31C2. The maximum Gasteiger partial charge on any atom is 0.269 e. The summed E-state index contributed by atoms with van der Waals surface area (Å²) in [5, 5.41) is 6.27. The monoisotopic (exact) mass is 385 g/mol. The summed E-state index contributed by atoms with van der Waals surface area (Å²) in [6, 6.07) is 5.54. The second kappa shape index (κ2) is 7.14. The van der Waals surface area contributed by atoms with Gasteiger partial charge in [0.1, 0.15) is 5.69 Å². The number of nitrogens with one attached hydrogen (secondary N) is 2. The van der Waals surface area contributed by atoms with Crippen molar-refractivity contribution in [2.45, 2.75) is 58.6 Å². The van der Waals surface area contributed by atoms with Crippen LogP contribution < -0.4 is 10.6 Å². The Kier molecular flexibility index (Phi) is 4.94. The summed E-state index contributed by atoms with van der Waals surface area (Å²) in [7, 11) is 0. The molecule has 2 aliphatic carbocycles. The normalized spacial score (nSPS) is 35.2. The zero-order valence-corrected chi connectivity index (χ0v) is 17.0. The number of rotatable bonds is 5. The number of carbonyl (C=O) groups excluding carboxylic acids is 2. The highest BCUT2D eigenvalue weighted by Crippen LogP contribution is 2.68. The Bertz CT molecular complexity index is 751. The molecule has 6 heteroatoms. The molecule has 28 heavy (non-hydrogen) atoms. The third kappa shape index (κ3) is 3.11. The molecular formula is C22H31N3O3. The van der Waals surface area contributed by atoms with Crippen molar-refractivity contribution in [3.63, 3.8) is 0 Å². The summed E-state index contributed by atoms with van der Waals surface area (Å²) in [5.41, 5.74) is 0.696. The van der Waals surface area contributed by atoms with Gasteiger partial charge in [0.2, 0.25) is 5.91 Å². The van der Waals surface area contributed by atoms with Gasteiger partial charge in [-0.2, -0.15) is 0 Å². The lowest BCUT2D eigenvalue weighted by Gasteiger charge is -2.53. The molecule has 2 saturated carbocycles. The fourth-order valence-electron chi connectivity index (χ4n) is 6.31. The van der Waals surface area contributed by atoms with Crippen LogP contribution in [0.3, 0.4) is 0 Å². The molecule has 1 saturated heterocycles. The first-order chi connectivity index (χ1) is 13.3. The summed E-state index contributed by atoms with van der Waals surface area (Å²) >= 11 is 0. The van der Waals surface area contributed by atoms with Crippen LogP contribution in [0.15, 0.2) is 24.4 Å². The molecule has 1 aliphatic heterocycles. The van der Waals surface area contributed by atoms with E-state index in [1.54, 1.807) is 25.3 Å². The largest absolute Gasteiger partial charge is 0.378 e. The van der Waals surface area contributed by atoms with E-state index in [9.17, 15) is 9.59 Å². The maximum atomic E-state index is 12.2. The lowest BCUT2D eigenvalue weighted by atomic mass is 9.59. The third-order valence-corrected chi connectivity index (χ3v) is 7.58. The van der Waals surface area contributed by atoms with Gasteiger partial charge in [0.25, 0.3) is 5.91 Å². The molecule has 1 unspecified atom stereocenters. The van der Waals surface area contributed by atoms with Crippen LogP contribution in [-0.2, 0) is 9.53 Å². The van der Waals surface area contributed by atoms with Gasteiger partial charge < -0.3 is 15.4 Å². The van der Waals surface area contributed by atoms with Crippen LogP contribution in [0, 0.1) is 22.7 Å². The topological polar surface area (TPSA) is 80.3 Å². The van der Waals surface area contributed by atoms with Crippen molar-refractivity contribution < 1.29 is 14.3 Å². The van der Waals surface area contributed by atoms with E-state index in [4.69, 9.17) is 4.74 Å². The number of ether oxygens (including phenoxy) is 1. The summed E-state index contributed by atoms with van der Waals surface area (Å²) in [6.07, 6.45) is 5.90. The molecule has 2 N–H and O–H groups in total. The molecule has 2 heterocycles. The van der Waals surface area contributed by atoms with Crippen LogP contribution >= 0.6 is 0 Å². The van der Waals surface area contributed by atoms with Crippen molar-refractivity contribution >= 4 is 11.8 Å². The predicted octanol–water partition coefficient (Wildman–Crippen LogP) is 2.55. The number of carbonyl (C=O) groups is 2. The lowest BCUT2D eigenvalue weighted by molar-refractivity contribution is -0.135. The molecule has 4 rings (SSSR count). The zero-order valence-electron chi connectivity index (χ0n) is 17.0. The van der Waals surface area contributed by atoms with E-state index in [2.05, 4.69) is 29.5 Å². The molecular weight excluding hydrogens is 354 g/mol. The standard InChI is InChI=1S/C22H31N3O3/c1-14(26)25-20-21(2,3)15-12-16-18(28-11-8-22(16,20)13-15)7-10-24-19(27)17-6-4-5-9-23-17/h4-6,9,15-16,18,20H,7-8,10-13H2,1-3H3,(H,24,27)(H,25,26)/t15-,16-,18-,20-,22?/m1/s1. The maximum absolute atomic E-state index is 12.2. The lowest BCUT2D eigenvalue weighted by Crippen LogP contribution is -2.60. The van der Waals surface area contributed by atoms with Crippen LogP contribution in [0.25, 0.3) is 0 Å². The van der Waals surface area contributed by atoms with Gasteiger partial charge in [0, 0.05) is 32.3 Å². The Morgan fingerprint density at radius 2 is 2.14 bits per heavy atom. The van der Waals surface area contributed by atoms with E-state index in [-0.39, 0.29) is 34.8 Å². The molecule has 3 fully saturated rings. The Labute approximate surface area is 166 Å². The van der Waals surface area contributed by atoms with Crippen LogP contribution in [-0.4, -0.2) is 42.1 Å². The molecule has 6 nitrogen and oxygen atoms in total. The number of nitrogens with zero attached hydrogens (tertiary/aromatic N) is 1. The van der Waals surface area contributed by atoms with Gasteiger partial charge in [-0.25, -0.2) is 0 Å². The van der Waals surface area contributed by atoms with Gasteiger partial charge in [0.05, 0.1) is 6.10 Å². The molecule has 3 aliphatic rings. The van der Waals surface area contributed by atoms with Crippen LogP contribution in [0.5, 0.6) is 0 Å². The fourth-order valence-corrected chi connectivity index (χ4v) is 6.31. The molecule has 1 spiro atoms. The summed E-state index contributed by atoms with van der Waals surface area (Å²) in [6.45, 7) is 7.54. The second-order valence-corrected chi connectivity index (χ2v) is 9.35. The number of amides is 2. The fraction of sp³-hybridized carbons (Fsp3) is 0.682. The molecule has 5 atom stereocenters. The first-order valence-electron chi connectivity index (χ1n) is 10.4. The highest BCUT2D eigenvalue weighted by molar-refractivity contribution is 5.92. The molecule has 1 aromatic heterocycles. The number of hydrogen-bond donors (Lipinski definition) is 2. The van der Waals surface area contributed by atoms with E-state index in [1.807, 2.05) is 6.07 Å². The van der Waals surface area contributed by atoms with Crippen molar-refractivity contribution in [1.29, 1.82) is 0 Å². The van der Waals surface area contributed by atoms with Crippen molar-refractivity contribution in [3.8, 4) is 0 Å². The van der Waals surface area contributed by atoms with Crippen LogP contribution in [0.4, 0.5) is 0 Å². The van der Waals surface area contributed by atoms with Gasteiger partial charge >= 0.3 is 0 Å². The Balaban J connectivity index is 1.42. The van der Waals surface area contributed by atoms with E-state index in [1.165, 1.54) is 6.42 Å². The summed E-state index contributed by atoms with van der Waals surface area (Å²) in [4.78, 5) is 28.2. The highest BCUT2D eigenvalue weighted by Gasteiger charge is 2.68. The Morgan fingerprint density at radius 1 is 1.32 bits per heavy atom. The average Bonchev–Trinajstić information content (AvgIpc) is 3.16. The average molecular weight is 386 g/mol. The van der Waals surface area contributed by atoms with Gasteiger partial charge in [-0.15, -0.1) is 0 Å². The second-order valence-electron chi connectivity index (χ2n) is 9.35. The molecule has 2 amide bonds. The van der Waals surface area contributed by atoms with Crippen LogP contribution in [0.1, 0.15) is 56.9 Å². The van der Waals surface area contributed by atoms with E-state index >= 15 is 0 Å². The van der Waals surface area contributed by atoms with Gasteiger partial charge in [-0.3, -0.25) is 14.6 Å². The van der Waals surface area contributed by atoms with Gasteiger partial charge in [-0.1, -0.05) is 19.9 Å². The molecule has 1 aromatic rings. The summed E-state index contributed by atoms with van der Waals surface area (Å²) in [5.74, 6) is 0.977. The van der Waals surface area contributed by atoms with E-state index < -0.39 is 0 Å². The number of aromatic nitrogens is 1. The minimum atomic E-state index is -0.142. The first kappa shape index (κ1) is 19.4. The number of pyridine rings is 1. The number of fused-ring (bicyclic) bond motifs is 1. The first-order valence-corrected chi connectivity index (χ1v) is 10.4. The minimum Gasteiger partial charge on any atom is -0.378 e. The smallest absolute Gasteiger partial charge is 0.269 e. The molecule has 0 aromatic carbocycles. The highest BCUT2D eigenvalue weighted by atomic mass is 16.5. The van der Waals surface area contributed by atoms with Crippen molar-refractivity contribution in [2.24, 2.45) is 22.7 Å². The number of hydrogen-bond acceptors (Lipinski definition) is 4. The van der Waals surface area contributed by atoms with Crippen molar-refractivity contribution in [1.82, 2.24) is 15.6 Å². The zero-order chi connectivity index (χ0) is 19.9. The predicted molar refractivity (Wildman–Crippen MR) is 106 cm³/mol. The quantitative estimate of drug-likeness (QED) is 0.816. The van der Waals surface area contributed by atoms with Gasteiger partial charge in [-0.05, 0) is 60.5 Å². The molecule has 0 radical (unpaired) electrons. The minimum absolute atomic E-state index is 0.0596. The van der Waals surface area contributed by atoms with Crippen molar-refractivity contribution in [2.75, 3.05) is 13.2 Å². The Morgan fingerprint density at radius 3 is 2.86 bits per heavy atom. The van der Waals surface area contributed by atoms with Crippen molar-refractivity contribution in [3.05, 3.63) is 30.1 Å². The van der Waals surface area contributed by atoms with Gasteiger partial charge in [0.15, 0.2) is 0 Å². The third-order valence-electron chi connectivity index (χ3n) is 7.58. The van der Waals surface area contributed by atoms with E-state index in [0.717, 1.165) is 25.9 Å². The van der Waals surface area contributed by atoms with Crippen LogP contribution in [0.2, 0.25) is 0 Å². The summed E-state index contributed by atoms with van der Waals surface area (Å²) < 4.78 is 6.17. The van der Waals surface area contributed by atoms with E-state index in [0.29, 0.717) is 24.1 Å². The molecule has 2 bridgehead atoms. The molecule has 152 valence electrons.